The highest BCUT2D eigenvalue weighted by molar-refractivity contribution is 6.51. The lowest BCUT2D eigenvalue weighted by atomic mass is 10.2. The Balaban J connectivity index is 1.60. The summed E-state index contributed by atoms with van der Waals surface area (Å²) in [4.78, 5) is 23.9. The predicted octanol–water partition coefficient (Wildman–Crippen LogP) is 5.54. The Bertz CT molecular complexity index is 967. The number of urea groups is 1. The number of alkyl halides is 2. The number of imide groups is 1. The van der Waals surface area contributed by atoms with Crippen LogP contribution in [0, 0.1) is 17.0 Å². The molecule has 0 spiro atoms. The van der Waals surface area contributed by atoms with Crippen LogP contribution in [0.1, 0.15) is 23.7 Å². The van der Waals surface area contributed by atoms with E-state index in [-0.39, 0.29) is 22.7 Å². The van der Waals surface area contributed by atoms with Crippen LogP contribution < -0.4 is 15.4 Å². The van der Waals surface area contributed by atoms with Crippen LogP contribution in [-0.4, -0.2) is 22.9 Å². The fourth-order valence-electron chi connectivity index (χ4n) is 2.57. The number of anilines is 1. The van der Waals surface area contributed by atoms with E-state index >= 15 is 0 Å². The fraction of sp³-hybridized carbons (Fsp3) is 0.263. The molecular formula is C19H15Cl3F2N2O3. The zero-order chi connectivity index (χ0) is 21.4. The molecule has 0 saturated heterocycles. The lowest BCUT2D eigenvalue weighted by Crippen LogP contribution is -2.35. The van der Waals surface area contributed by atoms with Gasteiger partial charge in [0.25, 0.3) is 5.91 Å². The lowest BCUT2D eigenvalue weighted by molar-refractivity contribution is 0.0959. The summed E-state index contributed by atoms with van der Waals surface area (Å²) in [5, 5.41) is 4.30. The molecule has 1 aliphatic carbocycles. The molecule has 0 bridgehead atoms. The van der Waals surface area contributed by atoms with Gasteiger partial charge in [0.05, 0.1) is 17.3 Å². The van der Waals surface area contributed by atoms with Crippen LogP contribution in [0.4, 0.5) is 19.3 Å². The second-order valence-corrected chi connectivity index (χ2v) is 8.77. The molecule has 10 heteroatoms. The fourth-order valence-corrected chi connectivity index (χ4v) is 3.48. The number of carbonyl (C=O) groups excluding carboxylic acids is 2. The van der Waals surface area contributed by atoms with Crippen molar-refractivity contribution in [2.75, 3.05) is 11.9 Å². The highest BCUT2D eigenvalue weighted by Crippen LogP contribution is 2.63. The van der Waals surface area contributed by atoms with Gasteiger partial charge in [-0.05, 0) is 30.7 Å². The minimum absolute atomic E-state index is 0.131. The molecule has 0 aromatic heterocycles. The summed E-state index contributed by atoms with van der Waals surface area (Å²) < 4.78 is 32.0. The standard InChI is InChI=1S/C19H15Cl3F2N2O3/c1-18(8-19(18,21)22)9-29-10-5-6-14(11(20)7-10)25-17(28)26-16(27)15-12(23)3-2-4-13(15)24/h2-7H,8-9H2,1H3,(H2,25,26,27,28). The van der Waals surface area contributed by atoms with Crippen molar-refractivity contribution in [3.63, 3.8) is 0 Å². The monoisotopic (exact) mass is 462 g/mol. The summed E-state index contributed by atoms with van der Waals surface area (Å²) in [7, 11) is 0. The van der Waals surface area contributed by atoms with E-state index in [1.54, 1.807) is 6.07 Å². The van der Waals surface area contributed by atoms with Gasteiger partial charge in [0, 0.05) is 11.5 Å². The largest absolute Gasteiger partial charge is 0.493 e. The van der Waals surface area contributed by atoms with Gasteiger partial charge >= 0.3 is 6.03 Å². The number of rotatable bonds is 5. The summed E-state index contributed by atoms with van der Waals surface area (Å²) in [6, 6.07) is 6.39. The normalized spacial score (nSPS) is 19.4. The third kappa shape index (κ3) is 4.74. The Morgan fingerprint density at radius 1 is 1.17 bits per heavy atom. The van der Waals surface area contributed by atoms with Crippen molar-refractivity contribution in [3.8, 4) is 5.75 Å². The quantitative estimate of drug-likeness (QED) is 0.572. The van der Waals surface area contributed by atoms with Crippen molar-refractivity contribution in [1.82, 2.24) is 5.32 Å². The maximum Gasteiger partial charge on any atom is 0.326 e. The van der Waals surface area contributed by atoms with Gasteiger partial charge < -0.3 is 10.1 Å². The molecule has 1 aliphatic rings. The number of nitrogens with one attached hydrogen (secondary N) is 2. The average Bonchev–Trinajstić information content (AvgIpc) is 3.13. The number of hydrogen-bond acceptors (Lipinski definition) is 3. The van der Waals surface area contributed by atoms with E-state index in [2.05, 4.69) is 5.32 Å². The predicted molar refractivity (Wildman–Crippen MR) is 107 cm³/mol. The first-order chi connectivity index (χ1) is 13.5. The van der Waals surface area contributed by atoms with Crippen LogP contribution in [0.25, 0.3) is 0 Å². The summed E-state index contributed by atoms with van der Waals surface area (Å²) in [6.45, 7) is 2.18. The van der Waals surface area contributed by atoms with Gasteiger partial charge in [-0.25, -0.2) is 13.6 Å². The van der Waals surface area contributed by atoms with Crippen molar-refractivity contribution in [2.24, 2.45) is 5.41 Å². The average molecular weight is 464 g/mol. The molecule has 1 atom stereocenters. The van der Waals surface area contributed by atoms with Crippen LogP contribution in [-0.2, 0) is 0 Å². The highest BCUT2D eigenvalue weighted by atomic mass is 35.5. The smallest absolute Gasteiger partial charge is 0.326 e. The molecule has 0 radical (unpaired) electrons. The lowest BCUT2D eigenvalue weighted by Gasteiger charge is -2.15. The summed E-state index contributed by atoms with van der Waals surface area (Å²) in [5.41, 5.74) is -1.05. The van der Waals surface area contributed by atoms with Crippen LogP contribution in [0.3, 0.4) is 0 Å². The number of carbonyl (C=O) groups is 2. The van der Waals surface area contributed by atoms with E-state index < -0.39 is 33.5 Å². The summed E-state index contributed by atoms with van der Waals surface area (Å²) in [6.07, 6.45) is 0.604. The van der Waals surface area contributed by atoms with Gasteiger partial charge in [-0.1, -0.05) is 24.6 Å². The summed E-state index contributed by atoms with van der Waals surface area (Å²) in [5.74, 6) is -2.96. The van der Waals surface area contributed by atoms with E-state index in [0.29, 0.717) is 12.2 Å². The van der Waals surface area contributed by atoms with Crippen molar-refractivity contribution in [2.45, 2.75) is 17.7 Å². The van der Waals surface area contributed by atoms with E-state index in [9.17, 15) is 18.4 Å². The van der Waals surface area contributed by atoms with Crippen LogP contribution in [0.2, 0.25) is 5.02 Å². The molecule has 2 N–H and O–H groups in total. The molecule has 154 valence electrons. The molecule has 1 saturated carbocycles. The number of benzene rings is 2. The van der Waals surface area contributed by atoms with Gasteiger partial charge in [0.15, 0.2) is 0 Å². The molecule has 29 heavy (non-hydrogen) atoms. The third-order valence-electron chi connectivity index (χ3n) is 4.53. The van der Waals surface area contributed by atoms with E-state index in [4.69, 9.17) is 39.5 Å². The molecule has 1 unspecified atom stereocenters. The highest BCUT2D eigenvalue weighted by Gasteiger charge is 2.63. The molecule has 1 fully saturated rings. The van der Waals surface area contributed by atoms with Crippen molar-refractivity contribution in [1.29, 1.82) is 0 Å². The van der Waals surface area contributed by atoms with Gasteiger partial charge in [0.2, 0.25) is 0 Å². The number of hydrogen-bond donors (Lipinski definition) is 2. The second-order valence-electron chi connectivity index (χ2n) is 6.88. The van der Waals surface area contributed by atoms with Crippen molar-refractivity contribution >= 4 is 52.4 Å². The first kappa shape index (κ1) is 21.6. The van der Waals surface area contributed by atoms with Gasteiger partial charge in [-0.15, -0.1) is 23.2 Å². The summed E-state index contributed by atoms with van der Waals surface area (Å²) >= 11 is 18.2. The SMILES string of the molecule is CC1(COc2ccc(NC(=O)NC(=O)c3c(F)cccc3F)c(Cl)c2)CC1(Cl)Cl. The Kier molecular flexibility index (Phi) is 5.94. The molecule has 3 amide bonds. The van der Waals surface area contributed by atoms with E-state index in [1.807, 2.05) is 12.2 Å². The Hall–Kier alpha value is -2.09. The van der Waals surface area contributed by atoms with Gasteiger partial charge in [0.1, 0.15) is 27.3 Å². The molecule has 2 aromatic carbocycles. The number of amides is 3. The topological polar surface area (TPSA) is 67.4 Å². The number of ether oxygens (including phenoxy) is 1. The molecule has 3 rings (SSSR count). The molecule has 2 aromatic rings. The van der Waals surface area contributed by atoms with Gasteiger partial charge in [-0.3, -0.25) is 10.1 Å². The van der Waals surface area contributed by atoms with Crippen LogP contribution >= 0.6 is 34.8 Å². The third-order valence-corrected chi connectivity index (χ3v) is 6.03. The van der Waals surface area contributed by atoms with E-state index in [1.165, 1.54) is 12.1 Å². The van der Waals surface area contributed by atoms with Gasteiger partial charge in [-0.2, -0.15) is 0 Å². The van der Waals surface area contributed by atoms with Crippen LogP contribution in [0.5, 0.6) is 5.75 Å². The second kappa shape index (κ2) is 7.97. The van der Waals surface area contributed by atoms with Crippen molar-refractivity contribution in [3.05, 3.63) is 58.6 Å². The molecule has 0 heterocycles. The first-order valence-corrected chi connectivity index (χ1v) is 9.52. The molecular weight excluding hydrogens is 449 g/mol. The minimum Gasteiger partial charge on any atom is -0.493 e. The zero-order valence-corrected chi connectivity index (χ0v) is 17.3. The maximum absolute atomic E-state index is 13.6. The maximum atomic E-state index is 13.6. The Morgan fingerprint density at radius 2 is 1.79 bits per heavy atom. The first-order valence-electron chi connectivity index (χ1n) is 8.39. The molecule has 0 aliphatic heterocycles. The van der Waals surface area contributed by atoms with E-state index in [0.717, 1.165) is 18.2 Å². The van der Waals surface area contributed by atoms with Crippen molar-refractivity contribution < 1.29 is 23.1 Å². The zero-order valence-electron chi connectivity index (χ0n) is 15.0. The number of halogens is 5. The van der Waals surface area contributed by atoms with Crippen LogP contribution in [0.15, 0.2) is 36.4 Å². The molecule has 5 nitrogen and oxygen atoms in total. The minimum atomic E-state index is -1.22. The Morgan fingerprint density at radius 3 is 2.34 bits per heavy atom. The Labute approximate surface area is 180 Å².